The molecule has 0 bridgehead atoms. The lowest BCUT2D eigenvalue weighted by Gasteiger charge is -2.38. The SMILES string of the molecule is CC(C)COC(=O)N1CCC(N[C@H]2CCC[C@H](N(C)C)C2)CC1. The number of hydrogen-bond acceptors (Lipinski definition) is 4. The molecule has 1 N–H and O–H groups in total. The Bertz CT molecular complexity index is 365. The summed E-state index contributed by atoms with van der Waals surface area (Å²) < 4.78 is 5.33. The molecule has 0 radical (unpaired) electrons. The number of nitrogens with one attached hydrogen (secondary N) is 1. The van der Waals surface area contributed by atoms with Crippen LogP contribution in [0.25, 0.3) is 0 Å². The molecule has 2 atom stereocenters. The van der Waals surface area contributed by atoms with Crippen molar-refractivity contribution in [3.8, 4) is 0 Å². The highest BCUT2D eigenvalue weighted by Gasteiger charge is 2.28. The standard InChI is InChI=1S/C18H35N3O2/c1-14(2)13-23-18(22)21-10-8-15(9-11-21)19-16-6-5-7-17(12-16)20(3)4/h14-17,19H,5-13H2,1-4H3/t16-,17-/m0/s1. The molecule has 134 valence electrons. The van der Waals surface area contributed by atoms with Gasteiger partial charge in [0.1, 0.15) is 0 Å². The summed E-state index contributed by atoms with van der Waals surface area (Å²) in [7, 11) is 4.38. The number of rotatable bonds is 5. The van der Waals surface area contributed by atoms with Crippen molar-refractivity contribution in [2.45, 2.75) is 70.5 Å². The zero-order valence-corrected chi connectivity index (χ0v) is 15.4. The van der Waals surface area contributed by atoms with E-state index in [-0.39, 0.29) is 6.09 Å². The summed E-state index contributed by atoms with van der Waals surface area (Å²) in [5.74, 6) is 0.397. The zero-order chi connectivity index (χ0) is 16.8. The van der Waals surface area contributed by atoms with E-state index < -0.39 is 0 Å². The number of nitrogens with zero attached hydrogens (tertiary/aromatic N) is 2. The molecule has 0 aromatic rings. The number of ether oxygens (including phenoxy) is 1. The maximum atomic E-state index is 12.0. The van der Waals surface area contributed by atoms with Gasteiger partial charge in [0.2, 0.25) is 0 Å². The second kappa shape index (κ2) is 8.88. The van der Waals surface area contributed by atoms with E-state index in [2.05, 4.69) is 38.2 Å². The summed E-state index contributed by atoms with van der Waals surface area (Å²) in [6.45, 7) is 6.28. The van der Waals surface area contributed by atoms with Gasteiger partial charge < -0.3 is 19.9 Å². The molecule has 1 saturated heterocycles. The Morgan fingerprint density at radius 2 is 1.87 bits per heavy atom. The minimum Gasteiger partial charge on any atom is -0.449 e. The molecule has 0 unspecified atom stereocenters. The number of piperidine rings is 1. The lowest BCUT2D eigenvalue weighted by atomic mass is 9.89. The quantitative estimate of drug-likeness (QED) is 0.844. The largest absolute Gasteiger partial charge is 0.449 e. The number of carbonyl (C=O) groups is 1. The van der Waals surface area contributed by atoms with Gasteiger partial charge in [0.25, 0.3) is 0 Å². The fraction of sp³-hybridized carbons (Fsp3) is 0.944. The van der Waals surface area contributed by atoms with Crippen molar-refractivity contribution in [3.63, 3.8) is 0 Å². The van der Waals surface area contributed by atoms with Crippen LogP contribution in [-0.4, -0.2) is 67.8 Å². The lowest BCUT2D eigenvalue weighted by Crippen LogP contribution is -2.50. The molecule has 2 fully saturated rings. The van der Waals surface area contributed by atoms with Crippen LogP contribution in [-0.2, 0) is 4.74 Å². The molecule has 2 aliphatic rings. The van der Waals surface area contributed by atoms with Gasteiger partial charge >= 0.3 is 6.09 Å². The first-order valence-corrected chi connectivity index (χ1v) is 9.30. The molecule has 0 aromatic carbocycles. The predicted octanol–water partition coefficient (Wildman–Crippen LogP) is 2.71. The maximum absolute atomic E-state index is 12.0. The first-order valence-electron chi connectivity index (χ1n) is 9.30. The van der Waals surface area contributed by atoms with Gasteiger partial charge in [0.15, 0.2) is 0 Å². The van der Waals surface area contributed by atoms with Crippen molar-refractivity contribution in [1.82, 2.24) is 15.1 Å². The fourth-order valence-electron chi connectivity index (χ4n) is 3.68. The van der Waals surface area contributed by atoms with Crippen LogP contribution >= 0.6 is 0 Å². The Balaban J connectivity index is 1.69. The molecular weight excluding hydrogens is 290 g/mol. The van der Waals surface area contributed by atoms with E-state index in [1.54, 1.807) is 0 Å². The van der Waals surface area contributed by atoms with Gasteiger partial charge in [-0.05, 0) is 52.1 Å². The van der Waals surface area contributed by atoms with Crippen molar-refractivity contribution >= 4 is 6.09 Å². The van der Waals surface area contributed by atoms with Crippen LogP contribution in [0.1, 0.15) is 52.4 Å². The first kappa shape index (κ1) is 18.5. The summed E-state index contributed by atoms with van der Waals surface area (Å²) in [5, 5.41) is 3.85. The maximum Gasteiger partial charge on any atom is 0.409 e. The van der Waals surface area contributed by atoms with Crippen LogP contribution in [0.5, 0.6) is 0 Å². The van der Waals surface area contributed by atoms with E-state index in [1.165, 1.54) is 25.7 Å². The molecule has 0 spiro atoms. The topological polar surface area (TPSA) is 44.8 Å². The third-order valence-corrected chi connectivity index (χ3v) is 5.14. The van der Waals surface area contributed by atoms with Crippen molar-refractivity contribution in [3.05, 3.63) is 0 Å². The van der Waals surface area contributed by atoms with Crippen molar-refractivity contribution in [2.24, 2.45) is 5.92 Å². The Labute approximate surface area is 141 Å². The first-order chi connectivity index (χ1) is 11.0. The molecule has 0 aromatic heterocycles. The number of carbonyl (C=O) groups excluding carboxylic acids is 1. The van der Waals surface area contributed by atoms with Crippen LogP contribution in [0.2, 0.25) is 0 Å². The van der Waals surface area contributed by atoms with E-state index >= 15 is 0 Å². The van der Waals surface area contributed by atoms with E-state index in [0.717, 1.165) is 25.9 Å². The summed E-state index contributed by atoms with van der Waals surface area (Å²) in [4.78, 5) is 16.2. The lowest BCUT2D eigenvalue weighted by molar-refractivity contribution is 0.0799. The summed E-state index contributed by atoms with van der Waals surface area (Å²) >= 11 is 0. The van der Waals surface area contributed by atoms with Crippen molar-refractivity contribution in [2.75, 3.05) is 33.8 Å². The molecule has 1 aliphatic heterocycles. The predicted molar refractivity (Wildman–Crippen MR) is 93.6 cm³/mol. The molecule has 2 rings (SSSR count). The number of hydrogen-bond donors (Lipinski definition) is 1. The van der Waals surface area contributed by atoms with Gasteiger partial charge in [-0.1, -0.05) is 20.3 Å². The van der Waals surface area contributed by atoms with Gasteiger partial charge in [-0.2, -0.15) is 0 Å². The molecule has 1 amide bonds. The summed E-state index contributed by atoms with van der Waals surface area (Å²) in [5.41, 5.74) is 0. The van der Waals surface area contributed by atoms with Crippen molar-refractivity contribution < 1.29 is 9.53 Å². The average molecular weight is 325 g/mol. The molecule has 1 saturated carbocycles. The van der Waals surface area contributed by atoms with E-state index in [1.807, 2.05) is 4.90 Å². The second-order valence-corrected chi connectivity index (χ2v) is 7.88. The van der Waals surface area contributed by atoms with Gasteiger partial charge in [0.05, 0.1) is 6.61 Å². The van der Waals surface area contributed by atoms with Crippen molar-refractivity contribution in [1.29, 1.82) is 0 Å². The molecular formula is C18H35N3O2. The second-order valence-electron chi connectivity index (χ2n) is 7.88. The third-order valence-electron chi connectivity index (χ3n) is 5.14. The Morgan fingerprint density at radius 3 is 2.48 bits per heavy atom. The molecule has 5 nitrogen and oxygen atoms in total. The highest BCUT2D eigenvalue weighted by molar-refractivity contribution is 5.67. The normalized spacial score (nSPS) is 26.8. The summed E-state index contributed by atoms with van der Waals surface area (Å²) in [6.07, 6.45) is 7.14. The number of amides is 1. The van der Waals surface area contributed by atoms with Crippen LogP contribution < -0.4 is 5.32 Å². The van der Waals surface area contributed by atoms with E-state index in [9.17, 15) is 4.79 Å². The molecule has 1 aliphatic carbocycles. The highest BCUT2D eigenvalue weighted by Crippen LogP contribution is 2.23. The Hall–Kier alpha value is -0.810. The Kier molecular flexibility index (Phi) is 7.15. The monoisotopic (exact) mass is 325 g/mol. The molecule has 23 heavy (non-hydrogen) atoms. The zero-order valence-electron chi connectivity index (χ0n) is 15.4. The van der Waals surface area contributed by atoms with Gasteiger partial charge in [0, 0.05) is 31.2 Å². The van der Waals surface area contributed by atoms with Crippen LogP contribution in [0.4, 0.5) is 4.79 Å². The van der Waals surface area contributed by atoms with E-state index in [0.29, 0.717) is 30.7 Å². The number of likely N-dealkylation sites (tertiary alicyclic amines) is 1. The molecule has 1 heterocycles. The van der Waals surface area contributed by atoms with Crippen LogP contribution in [0, 0.1) is 5.92 Å². The smallest absolute Gasteiger partial charge is 0.409 e. The minimum atomic E-state index is -0.137. The van der Waals surface area contributed by atoms with E-state index in [4.69, 9.17) is 4.74 Å². The van der Waals surface area contributed by atoms with Gasteiger partial charge in [-0.15, -0.1) is 0 Å². The minimum absolute atomic E-state index is 0.137. The van der Waals surface area contributed by atoms with Crippen LogP contribution in [0.3, 0.4) is 0 Å². The fourth-order valence-corrected chi connectivity index (χ4v) is 3.68. The molecule has 5 heteroatoms. The highest BCUT2D eigenvalue weighted by atomic mass is 16.6. The van der Waals surface area contributed by atoms with Gasteiger partial charge in [-0.25, -0.2) is 4.79 Å². The van der Waals surface area contributed by atoms with Crippen LogP contribution in [0.15, 0.2) is 0 Å². The average Bonchev–Trinajstić information content (AvgIpc) is 2.53. The summed E-state index contributed by atoms with van der Waals surface area (Å²) in [6, 6.07) is 1.91. The Morgan fingerprint density at radius 1 is 1.17 bits per heavy atom. The third kappa shape index (κ3) is 5.96. The van der Waals surface area contributed by atoms with Gasteiger partial charge in [-0.3, -0.25) is 0 Å².